The highest BCUT2D eigenvalue weighted by Crippen LogP contribution is 2.55. The molecule has 0 radical (unpaired) electrons. The van der Waals surface area contributed by atoms with Gasteiger partial charge in [0.1, 0.15) is 18.1 Å². The summed E-state index contributed by atoms with van der Waals surface area (Å²) in [5.74, 6) is -8.75. The third-order valence-electron chi connectivity index (χ3n) is 5.48. The number of carbonyl (C=O) groups excluding carboxylic acids is 1. The number of aromatic nitrogens is 1. The van der Waals surface area contributed by atoms with Crippen LogP contribution in [0.4, 0.5) is 26.3 Å². The molecule has 0 bridgehead atoms. The first-order valence-electron chi connectivity index (χ1n) is 11.0. The zero-order valence-corrected chi connectivity index (χ0v) is 20.0. The highest BCUT2D eigenvalue weighted by atomic mass is 32.1. The molecule has 1 unspecified atom stereocenters. The molecule has 2 heterocycles. The lowest BCUT2D eigenvalue weighted by molar-refractivity contribution is -0.325. The van der Waals surface area contributed by atoms with Gasteiger partial charge in [0.25, 0.3) is 5.19 Å². The molecule has 198 valence electrons. The van der Waals surface area contributed by atoms with Crippen LogP contribution in [0.1, 0.15) is 13.3 Å². The van der Waals surface area contributed by atoms with Crippen LogP contribution in [-0.2, 0) is 9.53 Å². The van der Waals surface area contributed by atoms with Gasteiger partial charge in [-0.3, -0.25) is 4.79 Å². The number of fused-ring (bicyclic) bond motifs is 1. The van der Waals surface area contributed by atoms with Crippen molar-refractivity contribution in [3.05, 3.63) is 60.6 Å². The molecule has 1 aromatic heterocycles. The number of rotatable bonds is 9. The summed E-state index contributed by atoms with van der Waals surface area (Å²) < 4.78 is 103. The van der Waals surface area contributed by atoms with Crippen LogP contribution in [0.15, 0.2) is 60.6 Å². The minimum absolute atomic E-state index is 0.0745. The van der Waals surface area contributed by atoms with Crippen molar-refractivity contribution >= 4 is 27.5 Å². The normalized spacial score (nSPS) is 20.4. The predicted molar refractivity (Wildman–Crippen MR) is 123 cm³/mol. The first-order chi connectivity index (χ1) is 17.5. The van der Waals surface area contributed by atoms with Gasteiger partial charge in [-0.1, -0.05) is 23.5 Å². The lowest BCUT2D eigenvalue weighted by Crippen LogP contribution is -2.66. The zero-order valence-electron chi connectivity index (χ0n) is 19.2. The van der Waals surface area contributed by atoms with Crippen LogP contribution in [0.3, 0.4) is 0 Å². The largest absolute Gasteiger partial charge is 0.492 e. The summed E-state index contributed by atoms with van der Waals surface area (Å²) >= 11 is 1.34. The molecule has 4 rings (SSSR count). The molecule has 37 heavy (non-hydrogen) atoms. The maximum Gasteiger partial charge on any atom is 0.392 e. The van der Waals surface area contributed by atoms with Crippen LogP contribution >= 0.6 is 11.3 Å². The van der Waals surface area contributed by atoms with E-state index in [1.165, 1.54) is 42.5 Å². The van der Waals surface area contributed by atoms with E-state index in [9.17, 15) is 31.1 Å². The molecule has 1 aliphatic heterocycles. The van der Waals surface area contributed by atoms with Crippen molar-refractivity contribution in [2.45, 2.75) is 31.0 Å². The molecule has 0 spiro atoms. The maximum atomic E-state index is 14.8. The van der Waals surface area contributed by atoms with Gasteiger partial charge in [0.15, 0.2) is 5.83 Å². The van der Waals surface area contributed by atoms with Crippen LogP contribution < -0.4 is 9.47 Å². The fourth-order valence-corrected chi connectivity index (χ4v) is 4.40. The lowest BCUT2D eigenvalue weighted by atomic mass is 9.87. The number of hydrogen-bond acceptors (Lipinski definition) is 7. The third-order valence-corrected chi connectivity index (χ3v) is 6.40. The highest BCUT2D eigenvalue weighted by Gasteiger charge is 2.77. The van der Waals surface area contributed by atoms with Gasteiger partial charge in [-0.2, -0.15) is 17.6 Å². The number of halogens is 6. The van der Waals surface area contributed by atoms with Crippen molar-refractivity contribution in [1.82, 2.24) is 9.88 Å². The summed E-state index contributed by atoms with van der Waals surface area (Å²) in [6.45, 7) is -0.492. The number of para-hydroxylation sites is 1. The number of allylic oxidation sites excluding steroid dienone is 1. The number of ether oxygens (including phenoxy) is 3. The molecule has 3 aromatic rings. The Morgan fingerprint density at radius 1 is 1.03 bits per heavy atom. The van der Waals surface area contributed by atoms with Gasteiger partial charge in [0.05, 0.1) is 29.8 Å². The average molecular weight is 546 g/mol. The summed E-state index contributed by atoms with van der Waals surface area (Å²) in [6.07, 6.45) is -1.98. The first-order valence-corrected chi connectivity index (χ1v) is 11.8. The number of carbonyl (C=O) groups is 1. The maximum absolute atomic E-state index is 14.8. The van der Waals surface area contributed by atoms with Crippen molar-refractivity contribution in [2.75, 3.05) is 19.8 Å². The summed E-state index contributed by atoms with van der Waals surface area (Å²) in [6, 6.07) is 8.26. The zero-order chi connectivity index (χ0) is 26.8. The van der Waals surface area contributed by atoms with Gasteiger partial charge in [-0.15, -0.1) is 0 Å². The number of thiazole rings is 1. The first kappa shape index (κ1) is 26.6. The van der Waals surface area contributed by atoms with Crippen molar-refractivity contribution in [2.24, 2.45) is 0 Å². The van der Waals surface area contributed by atoms with E-state index in [0.29, 0.717) is 10.9 Å². The van der Waals surface area contributed by atoms with Crippen molar-refractivity contribution in [3.8, 4) is 16.7 Å². The van der Waals surface area contributed by atoms with E-state index in [2.05, 4.69) is 9.72 Å². The van der Waals surface area contributed by atoms with Gasteiger partial charge in [-0.05, 0) is 43.3 Å². The van der Waals surface area contributed by atoms with E-state index in [-0.39, 0.29) is 23.5 Å². The lowest BCUT2D eigenvalue weighted by Gasteiger charge is -2.44. The molecule has 0 amide bonds. The molecule has 0 N–H and O–H groups in total. The Bertz CT molecular complexity index is 1270. The Labute approximate surface area is 211 Å². The Morgan fingerprint density at radius 2 is 1.70 bits per heavy atom. The smallest absolute Gasteiger partial charge is 0.392 e. The second-order valence-electron chi connectivity index (χ2n) is 7.94. The average Bonchev–Trinajstić information content (AvgIpc) is 3.25. The van der Waals surface area contributed by atoms with Crippen molar-refractivity contribution < 1.29 is 45.3 Å². The Balaban J connectivity index is 1.38. The number of nitrogens with zero attached hydrogens (tertiary/aromatic N) is 2. The van der Waals surface area contributed by atoms with Gasteiger partial charge in [0.2, 0.25) is 5.67 Å². The summed E-state index contributed by atoms with van der Waals surface area (Å²) in [7, 11) is 0. The minimum Gasteiger partial charge on any atom is -0.492 e. The van der Waals surface area contributed by atoms with Crippen LogP contribution in [0.25, 0.3) is 10.2 Å². The number of esters is 1. The predicted octanol–water partition coefficient (Wildman–Crippen LogP) is 6.48. The number of alkyl halides is 5. The van der Waals surface area contributed by atoms with E-state index < -0.39 is 49.0 Å². The van der Waals surface area contributed by atoms with E-state index in [1.807, 2.05) is 24.3 Å². The van der Waals surface area contributed by atoms with E-state index in [1.54, 1.807) is 0 Å². The number of hydrogen-bond donors (Lipinski definition) is 0. The van der Waals surface area contributed by atoms with E-state index >= 15 is 0 Å². The molecule has 0 aliphatic carbocycles. The minimum atomic E-state index is -5.56. The molecule has 6 nitrogen and oxygen atoms in total. The molecule has 1 aliphatic rings. The van der Waals surface area contributed by atoms with Crippen LogP contribution in [0, 0.1) is 0 Å². The molecule has 0 saturated heterocycles. The molecule has 13 heteroatoms. The van der Waals surface area contributed by atoms with Gasteiger partial charge in [0, 0.05) is 6.20 Å². The number of benzene rings is 2. The SMILES string of the molecule is CCOC(=O)CC1(F)C(F)=CN(CCOc2ccc(Oc3nc4ccccc4s3)cc2)C(F)(F)C1(F)F. The van der Waals surface area contributed by atoms with Crippen LogP contribution in [0.2, 0.25) is 0 Å². The van der Waals surface area contributed by atoms with Crippen molar-refractivity contribution in [1.29, 1.82) is 0 Å². The quantitative estimate of drug-likeness (QED) is 0.174. The monoisotopic (exact) mass is 546 g/mol. The molecular weight excluding hydrogens is 526 g/mol. The Hall–Kier alpha value is -3.48. The van der Waals surface area contributed by atoms with E-state index in [4.69, 9.17) is 9.47 Å². The van der Waals surface area contributed by atoms with E-state index in [0.717, 1.165) is 10.2 Å². The van der Waals surface area contributed by atoms with Crippen LogP contribution in [-0.4, -0.2) is 53.2 Å². The molecular formula is C24H20F6N2O4S. The molecule has 1 atom stereocenters. The fourth-order valence-electron chi connectivity index (χ4n) is 3.56. The molecule has 0 fully saturated rings. The molecule has 0 saturated carbocycles. The summed E-state index contributed by atoms with van der Waals surface area (Å²) in [5.41, 5.74) is -3.78. The second-order valence-corrected chi connectivity index (χ2v) is 8.93. The van der Waals surface area contributed by atoms with Gasteiger partial charge < -0.3 is 19.1 Å². The van der Waals surface area contributed by atoms with Gasteiger partial charge in [-0.25, -0.2) is 13.8 Å². The summed E-state index contributed by atoms with van der Waals surface area (Å²) in [4.78, 5) is 15.4. The standard InChI is InChI=1S/C24H20F6N2O4S/c1-2-34-20(33)13-22(26)19(25)14-32(24(29,30)23(22,27)28)11-12-35-15-7-9-16(10-8-15)36-21-31-17-5-3-4-6-18(17)37-21/h3-10,14H,2,11-13H2,1H3. The Morgan fingerprint density at radius 3 is 2.38 bits per heavy atom. The van der Waals surface area contributed by atoms with Gasteiger partial charge >= 0.3 is 17.9 Å². The molecule has 2 aromatic carbocycles. The fraction of sp³-hybridized carbons (Fsp3) is 0.333. The summed E-state index contributed by atoms with van der Waals surface area (Å²) in [5, 5.41) is 0.406. The third kappa shape index (κ3) is 5.04. The van der Waals surface area contributed by atoms with Crippen LogP contribution in [0.5, 0.6) is 16.7 Å². The van der Waals surface area contributed by atoms with Crippen molar-refractivity contribution in [3.63, 3.8) is 0 Å². The Kier molecular flexibility index (Phi) is 7.27. The topological polar surface area (TPSA) is 60.9 Å². The second kappa shape index (κ2) is 10.1. The highest BCUT2D eigenvalue weighted by molar-refractivity contribution is 7.20.